The van der Waals surface area contributed by atoms with Crippen molar-refractivity contribution in [3.63, 3.8) is 0 Å². The van der Waals surface area contributed by atoms with Gasteiger partial charge in [-0.3, -0.25) is 4.79 Å². The van der Waals surface area contributed by atoms with Crippen molar-refractivity contribution in [2.24, 2.45) is 5.14 Å². The average Bonchev–Trinajstić information content (AvgIpc) is 2.39. The lowest BCUT2D eigenvalue weighted by atomic mass is 10.3. The van der Waals surface area contributed by atoms with Crippen LogP contribution in [0.3, 0.4) is 0 Å². The summed E-state index contributed by atoms with van der Waals surface area (Å²) < 4.78 is 28.9. The van der Waals surface area contributed by atoms with E-state index in [-0.39, 0.29) is 16.6 Å². The lowest BCUT2D eigenvalue weighted by molar-refractivity contribution is -0.114. The Morgan fingerprint density at radius 3 is 2.55 bits per heavy atom. The molecule has 0 atom stereocenters. The Hall–Kier alpha value is -2.09. The van der Waals surface area contributed by atoms with Crippen molar-refractivity contribution in [2.75, 3.05) is 5.32 Å². The number of hydrogen-bond acceptors (Lipinski definition) is 4. The molecule has 0 bridgehead atoms. The molecule has 0 unspecified atom stereocenters. The zero-order valence-electron chi connectivity index (χ0n) is 11.5. The molecule has 0 heterocycles. The van der Waals surface area contributed by atoms with Gasteiger partial charge in [-0.25, -0.2) is 13.6 Å². The zero-order valence-corrected chi connectivity index (χ0v) is 13.1. The highest BCUT2D eigenvalue weighted by Gasteiger charge is 2.17. The molecule has 1 amide bonds. The maximum atomic E-state index is 11.7. The van der Waals surface area contributed by atoms with Gasteiger partial charge in [0.15, 0.2) is 0 Å². The number of halogens is 1. The number of primary sulfonamides is 1. The number of carbonyl (C=O) groups is 1. The molecule has 2 aromatic rings. The first kappa shape index (κ1) is 16.3. The Kier molecular flexibility index (Phi) is 4.70. The van der Waals surface area contributed by atoms with E-state index in [1.807, 2.05) is 0 Å². The summed E-state index contributed by atoms with van der Waals surface area (Å²) in [5, 5.41) is 8.12. The minimum Gasteiger partial charge on any atom is -0.456 e. The fourth-order valence-electron chi connectivity index (χ4n) is 1.75. The van der Waals surface area contributed by atoms with E-state index in [0.29, 0.717) is 16.5 Å². The summed E-state index contributed by atoms with van der Waals surface area (Å²) in [5.74, 6) is 0.0763. The summed E-state index contributed by atoms with van der Waals surface area (Å²) in [7, 11) is -4.03. The number of anilines is 1. The molecule has 0 aliphatic rings. The van der Waals surface area contributed by atoms with E-state index in [0.717, 1.165) is 0 Å². The van der Waals surface area contributed by atoms with Crippen LogP contribution in [0.5, 0.6) is 11.5 Å². The summed E-state index contributed by atoms with van der Waals surface area (Å²) >= 11 is 5.85. The lowest BCUT2D eigenvalue weighted by Gasteiger charge is -2.12. The molecule has 2 aromatic carbocycles. The maximum absolute atomic E-state index is 11.7. The molecule has 0 saturated carbocycles. The van der Waals surface area contributed by atoms with Crippen LogP contribution in [-0.2, 0) is 14.8 Å². The molecule has 3 N–H and O–H groups in total. The third-order valence-corrected chi connectivity index (χ3v) is 3.76. The van der Waals surface area contributed by atoms with Crippen LogP contribution in [0.2, 0.25) is 5.02 Å². The molecule has 6 nitrogen and oxygen atoms in total. The molecule has 2 rings (SSSR count). The van der Waals surface area contributed by atoms with Gasteiger partial charge in [-0.05, 0) is 36.4 Å². The number of amides is 1. The number of nitrogens with two attached hydrogens (primary N) is 1. The van der Waals surface area contributed by atoms with Crippen molar-refractivity contribution in [3.05, 3.63) is 47.5 Å². The molecule has 0 aliphatic heterocycles. The lowest BCUT2D eigenvalue weighted by Crippen LogP contribution is -2.14. The van der Waals surface area contributed by atoms with Crippen molar-refractivity contribution >= 4 is 33.2 Å². The van der Waals surface area contributed by atoms with E-state index in [2.05, 4.69) is 5.32 Å². The quantitative estimate of drug-likeness (QED) is 0.893. The third-order valence-electron chi connectivity index (χ3n) is 2.59. The van der Waals surface area contributed by atoms with Crippen LogP contribution in [0.15, 0.2) is 47.4 Å². The van der Waals surface area contributed by atoms with Gasteiger partial charge < -0.3 is 10.1 Å². The predicted octanol–water partition coefficient (Wildman–Crippen LogP) is 2.74. The van der Waals surface area contributed by atoms with Crippen LogP contribution < -0.4 is 15.2 Å². The Morgan fingerprint density at radius 1 is 1.23 bits per heavy atom. The highest BCUT2D eigenvalue weighted by Crippen LogP contribution is 2.31. The second kappa shape index (κ2) is 6.35. The zero-order chi connectivity index (χ0) is 16.3. The van der Waals surface area contributed by atoms with Gasteiger partial charge in [0.05, 0.1) is 0 Å². The summed E-state index contributed by atoms with van der Waals surface area (Å²) in [6.07, 6.45) is 0. The van der Waals surface area contributed by atoms with Crippen molar-refractivity contribution in [2.45, 2.75) is 11.8 Å². The number of rotatable bonds is 4. The Labute approximate surface area is 132 Å². The van der Waals surface area contributed by atoms with Gasteiger partial charge in [-0.1, -0.05) is 17.7 Å². The number of sulfonamides is 1. The second-order valence-electron chi connectivity index (χ2n) is 4.45. The highest BCUT2D eigenvalue weighted by atomic mass is 35.5. The van der Waals surface area contributed by atoms with E-state index >= 15 is 0 Å². The Bertz CT molecular complexity index is 821. The first-order valence-corrected chi connectivity index (χ1v) is 8.06. The second-order valence-corrected chi connectivity index (χ2v) is 6.41. The van der Waals surface area contributed by atoms with E-state index < -0.39 is 10.0 Å². The summed E-state index contributed by atoms with van der Waals surface area (Å²) in [5.41, 5.74) is 0.301. The topological polar surface area (TPSA) is 98.5 Å². The average molecular weight is 341 g/mol. The van der Waals surface area contributed by atoms with Crippen LogP contribution in [0.1, 0.15) is 6.92 Å². The van der Waals surface area contributed by atoms with E-state index in [1.54, 1.807) is 18.2 Å². The molecule has 8 heteroatoms. The molecule has 22 heavy (non-hydrogen) atoms. The molecule has 0 aromatic heterocycles. The van der Waals surface area contributed by atoms with Gasteiger partial charge in [-0.2, -0.15) is 0 Å². The number of hydrogen-bond donors (Lipinski definition) is 2. The molecule has 0 aliphatic carbocycles. The summed E-state index contributed by atoms with van der Waals surface area (Å²) in [6.45, 7) is 1.31. The van der Waals surface area contributed by atoms with Crippen LogP contribution in [0.4, 0.5) is 5.69 Å². The van der Waals surface area contributed by atoms with Gasteiger partial charge in [-0.15, -0.1) is 0 Å². The number of ether oxygens (including phenoxy) is 1. The molecular formula is C14H13ClN2O4S. The largest absolute Gasteiger partial charge is 0.456 e. The highest BCUT2D eigenvalue weighted by molar-refractivity contribution is 7.89. The van der Waals surface area contributed by atoms with E-state index in [1.165, 1.54) is 31.2 Å². The van der Waals surface area contributed by atoms with Gasteiger partial charge in [0.2, 0.25) is 15.9 Å². The number of benzene rings is 2. The molecule has 116 valence electrons. The van der Waals surface area contributed by atoms with Gasteiger partial charge in [0.1, 0.15) is 16.4 Å². The standard InChI is InChI=1S/C14H13ClN2O4S/c1-9(18)17-11-5-6-13(14(8-11)22(16,19)20)21-12-4-2-3-10(15)7-12/h2-8H,1H3,(H,17,18)(H2,16,19,20). The first-order chi connectivity index (χ1) is 10.3. The smallest absolute Gasteiger partial charge is 0.241 e. The Morgan fingerprint density at radius 2 is 1.95 bits per heavy atom. The molecule has 0 spiro atoms. The summed E-state index contributed by atoms with van der Waals surface area (Å²) in [4.78, 5) is 10.8. The predicted molar refractivity (Wildman–Crippen MR) is 83.6 cm³/mol. The molecule has 0 saturated heterocycles. The number of carbonyl (C=O) groups excluding carboxylic acids is 1. The van der Waals surface area contributed by atoms with Gasteiger partial charge in [0.25, 0.3) is 0 Å². The fourth-order valence-corrected chi connectivity index (χ4v) is 2.61. The third kappa shape index (κ3) is 4.20. The van der Waals surface area contributed by atoms with Gasteiger partial charge >= 0.3 is 0 Å². The van der Waals surface area contributed by atoms with E-state index in [9.17, 15) is 13.2 Å². The van der Waals surface area contributed by atoms with Crippen LogP contribution in [0.25, 0.3) is 0 Å². The van der Waals surface area contributed by atoms with Crippen molar-refractivity contribution in [1.29, 1.82) is 0 Å². The van der Waals surface area contributed by atoms with E-state index in [4.69, 9.17) is 21.5 Å². The van der Waals surface area contributed by atoms with Crippen LogP contribution in [0, 0.1) is 0 Å². The maximum Gasteiger partial charge on any atom is 0.241 e. The van der Waals surface area contributed by atoms with Crippen LogP contribution in [-0.4, -0.2) is 14.3 Å². The molecular weight excluding hydrogens is 328 g/mol. The molecule has 0 fully saturated rings. The van der Waals surface area contributed by atoms with Crippen molar-refractivity contribution in [3.8, 4) is 11.5 Å². The minimum atomic E-state index is -4.03. The summed E-state index contributed by atoms with van der Waals surface area (Å²) in [6, 6.07) is 10.6. The SMILES string of the molecule is CC(=O)Nc1ccc(Oc2cccc(Cl)c2)c(S(N)(=O)=O)c1. The molecule has 0 radical (unpaired) electrons. The first-order valence-electron chi connectivity index (χ1n) is 6.13. The monoisotopic (exact) mass is 340 g/mol. The van der Waals surface area contributed by atoms with Crippen LogP contribution >= 0.6 is 11.6 Å². The van der Waals surface area contributed by atoms with Crippen molar-refractivity contribution in [1.82, 2.24) is 0 Å². The normalized spacial score (nSPS) is 11.0. The number of nitrogens with one attached hydrogen (secondary N) is 1. The fraction of sp³-hybridized carbons (Fsp3) is 0.0714. The van der Waals surface area contributed by atoms with Gasteiger partial charge in [0, 0.05) is 17.6 Å². The minimum absolute atomic E-state index is 0.0406. The van der Waals surface area contributed by atoms with Crippen molar-refractivity contribution < 1.29 is 17.9 Å². The Balaban J connectivity index is 2.44.